The lowest BCUT2D eigenvalue weighted by Crippen LogP contribution is -2.16. The van der Waals surface area contributed by atoms with Gasteiger partial charge < -0.3 is 9.72 Å². The highest BCUT2D eigenvalue weighted by molar-refractivity contribution is 9.10. The third kappa shape index (κ3) is 3.02. The molecule has 0 saturated carbocycles. The number of hydrogen-bond acceptors (Lipinski definition) is 4. The third-order valence-electron chi connectivity index (χ3n) is 2.34. The molecule has 2 heterocycles. The molecule has 0 aliphatic rings. The Morgan fingerprint density at radius 3 is 2.94 bits per heavy atom. The molecule has 2 aromatic heterocycles. The van der Waals surface area contributed by atoms with Gasteiger partial charge in [-0.1, -0.05) is 6.07 Å². The summed E-state index contributed by atoms with van der Waals surface area (Å²) in [5.41, 5.74) is 1.24. The van der Waals surface area contributed by atoms with Gasteiger partial charge in [-0.3, -0.25) is 9.78 Å². The number of nitrogens with one attached hydrogen (secondary N) is 1. The van der Waals surface area contributed by atoms with Crippen LogP contribution >= 0.6 is 15.9 Å². The number of nitrogens with zero attached hydrogens (tertiary/aromatic N) is 2. The molecular formula is C12H12BrN3O2. The summed E-state index contributed by atoms with van der Waals surface area (Å²) in [6.07, 6.45) is 2.20. The van der Waals surface area contributed by atoms with Crippen LogP contribution in [-0.4, -0.2) is 22.1 Å². The van der Waals surface area contributed by atoms with Crippen LogP contribution in [0.4, 0.5) is 0 Å². The summed E-state index contributed by atoms with van der Waals surface area (Å²) in [5, 5.41) is 0. The second kappa shape index (κ2) is 5.88. The van der Waals surface area contributed by atoms with Crippen molar-refractivity contribution in [2.75, 3.05) is 7.11 Å². The van der Waals surface area contributed by atoms with E-state index in [1.54, 1.807) is 13.3 Å². The fourth-order valence-electron chi connectivity index (χ4n) is 1.55. The van der Waals surface area contributed by atoms with Crippen LogP contribution in [0, 0.1) is 0 Å². The minimum atomic E-state index is -0.206. The largest absolute Gasteiger partial charge is 0.378 e. The average Bonchev–Trinajstić information content (AvgIpc) is 2.37. The molecule has 2 rings (SSSR count). The van der Waals surface area contributed by atoms with Crippen LogP contribution in [0.2, 0.25) is 0 Å². The van der Waals surface area contributed by atoms with Crippen LogP contribution in [-0.2, 0) is 17.8 Å². The predicted molar refractivity (Wildman–Crippen MR) is 70.3 cm³/mol. The van der Waals surface area contributed by atoms with Crippen molar-refractivity contribution in [1.82, 2.24) is 15.0 Å². The maximum absolute atomic E-state index is 11.7. The lowest BCUT2D eigenvalue weighted by atomic mass is 10.2. The molecule has 0 aliphatic heterocycles. The molecule has 0 bridgehead atoms. The minimum absolute atomic E-state index is 0.206. The van der Waals surface area contributed by atoms with E-state index in [0.717, 1.165) is 5.69 Å². The van der Waals surface area contributed by atoms with Crippen LogP contribution in [0.3, 0.4) is 0 Å². The molecule has 0 atom stereocenters. The summed E-state index contributed by atoms with van der Waals surface area (Å²) in [7, 11) is 1.56. The Balaban J connectivity index is 2.32. The molecule has 5 nitrogen and oxygen atoms in total. The first-order valence-corrected chi connectivity index (χ1v) is 6.16. The van der Waals surface area contributed by atoms with E-state index in [9.17, 15) is 4.79 Å². The SMILES string of the molecule is COCc1nc(Cc2ccccn2)[nH]c(=O)c1Br. The average molecular weight is 310 g/mol. The highest BCUT2D eigenvalue weighted by Gasteiger charge is 2.09. The van der Waals surface area contributed by atoms with Gasteiger partial charge in [0, 0.05) is 25.4 Å². The van der Waals surface area contributed by atoms with E-state index in [-0.39, 0.29) is 5.56 Å². The molecule has 18 heavy (non-hydrogen) atoms. The Bertz CT molecular complexity index is 584. The first-order valence-electron chi connectivity index (χ1n) is 5.37. The maximum atomic E-state index is 11.7. The molecule has 0 saturated heterocycles. The zero-order chi connectivity index (χ0) is 13.0. The first kappa shape index (κ1) is 12.9. The maximum Gasteiger partial charge on any atom is 0.265 e. The number of halogens is 1. The van der Waals surface area contributed by atoms with E-state index in [2.05, 4.69) is 30.9 Å². The lowest BCUT2D eigenvalue weighted by molar-refractivity contribution is 0.180. The number of pyridine rings is 1. The van der Waals surface area contributed by atoms with Gasteiger partial charge in [-0.2, -0.15) is 0 Å². The van der Waals surface area contributed by atoms with Crippen molar-refractivity contribution in [2.24, 2.45) is 0 Å². The van der Waals surface area contributed by atoms with E-state index in [1.807, 2.05) is 18.2 Å². The standard InChI is InChI=1S/C12H12BrN3O2/c1-18-7-9-11(13)12(17)16-10(15-9)6-8-4-2-3-5-14-8/h2-5H,6-7H2,1H3,(H,15,16,17). The molecule has 94 valence electrons. The second-order valence-electron chi connectivity index (χ2n) is 3.70. The van der Waals surface area contributed by atoms with Gasteiger partial charge in [0.2, 0.25) is 0 Å². The van der Waals surface area contributed by atoms with Gasteiger partial charge in [0.15, 0.2) is 0 Å². The Labute approximate surface area is 112 Å². The van der Waals surface area contributed by atoms with Crippen LogP contribution in [0.25, 0.3) is 0 Å². The van der Waals surface area contributed by atoms with Gasteiger partial charge >= 0.3 is 0 Å². The van der Waals surface area contributed by atoms with Crippen molar-refractivity contribution in [3.63, 3.8) is 0 Å². The normalized spacial score (nSPS) is 10.6. The van der Waals surface area contributed by atoms with Crippen molar-refractivity contribution in [3.05, 3.63) is 56.4 Å². The smallest absolute Gasteiger partial charge is 0.265 e. The lowest BCUT2D eigenvalue weighted by Gasteiger charge is -2.05. The fraction of sp³-hybridized carbons (Fsp3) is 0.250. The molecule has 0 radical (unpaired) electrons. The minimum Gasteiger partial charge on any atom is -0.378 e. The zero-order valence-corrected chi connectivity index (χ0v) is 11.4. The van der Waals surface area contributed by atoms with Gasteiger partial charge in [-0.15, -0.1) is 0 Å². The highest BCUT2D eigenvalue weighted by atomic mass is 79.9. The van der Waals surface area contributed by atoms with Crippen molar-refractivity contribution < 1.29 is 4.74 Å². The molecule has 0 aliphatic carbocycles. The summed E-state index contributed by atoms with van der Waals surface area (Å²) < 4.78 is 5.42. The number of methoxy groups -OCH3 is 1. The highest BCUT2D eigenvalue weighted by Crippen LogP contribution is 2.11. The van der Waals surface area contributed by atoms with E-state index in [4.69, 9.17) is 4.74 Å². The molecule has 2 aromatic rings. The summed E-state index contributed by atoms with van der Waals surface area (Å²) in [5.74, 6) is 0.578. The summed E-state index contributed by atoms with van der Waals surface area (Å²) >= 11 is 3.20. The summed E-state index contributed by atoms with van der Waals surface area (Å²) in [6, 6.07) is 5.63. The van der Waals surface area contributed by atoms with Crippen molar-refractivity contribution in [3.8, 4) is 0 Å². The summed E-state index contributed by atoms with van der Waals surface area (Å²) in [6.45, 7) is 0.291. The topological polar surface area (TPSA) is 67.9 Å². The molecule has 0 fully saturated rings. The number of aromatic nitrogens is 3. The number of aromatic amines is 1. The monoisotopic (exact) mass is 309 g/mol. The van der Waals surface area contributed by atoms with E-state index < -0.39 is 0 Å². The zero-order valence-electron chi connectivity index (χ0n) is 9.81. The molecule has 0 amide bonds. The Kier molecular flexibility index (Phi) is 4.22. The van der Waals surface area contributed by atoms with E-state index in [0.29, 0.717) is 29.0 Å². The quantitative estimate of drug-likeness (QED) is 0.932. The molecule has 1 N–H and O–H groups in total. The second-order valence-corrected chi connectivity index (χ2v) is 4.50. The van der Waals surface area contributed by atoms with E-state index in [1.165, 1.54) is 0 Å². The van der Waals surface area contributed by atoms with Gasteiger partial charge in [0.1, 0.15) is 10.3 Å². The van der Waals surface area contributed by atoms with Gasteiger partial charge in [0.05, 0.1) is 12.3 Å². The van der Waals surface area contributed by atoms with Crippen LogP contribution < -0.4 is 5.56 Å². The van der Waals surface area contributed by atoms with Gasteiger partial charge in [-0.25, -0.2) is 4.98 Å². The number of H-pyrrole nitrogens is 1. The van der Waals surface area contributed by atoms with E-state index >= 15 is 0 Å². The fourth-order valence-corrected chi connectivity index (χ4v) is 1.85. The van der Waals surface area contributed by atoms with Gasteiger partial charge in [-0.05, 0) is 28.1 Å². The molecule has 0 spiro atoms. The predicted octanol–water partition coefficient (Wildman–Crippen LogP) is 1.66. The summed E-state index contributed by atoms with van der Waals surface area (Å²) in [4.78, 5) is 23.0. The molecule has 0 unspecified atom stereocenters. The molecular weight excluding hydrogens is 298 g/mol. The third-order valence-corrected chi connectivity index (χ3v) is 3.15. The van der Waals surface area contributed by atoms with Crippen molar-refractivity contribution in [2.45, 2.75) is 13.0 Å². The van der Waals surface area contributed by atoms with Crippen LogP contribution in [0.15, 0.2) is 33.7 Å². The van der Waals surface area contributed by atoms with Crippen molar-refractivity contribution in [1.29, 1.82) is 0 Å². The van der Waals surface area contributed by atoms with Gasteiger partial charge in [0.25, 0.3) is 5.56 Å². The number of rotatable bonds is 4. The number of ether oxygens (including phenoxy) is 1. The number of hydrogen-bond donors (Lipinski definition) is 1. The Morgan fingerprint density at radius 2 is 2.28 bits per heavy atom. The van der Waals surface area contributed by atoms with Crippen LogP contribution in [0.5, 0.6) is 0 Å². The molecule has 0 aromatic carbocycles. The Hall–Kier alpha value is -1.53. The molecule has 6 heteroatoms. The van der Waals surface area contributed by atoms with Crippen molar-refractivity contribution >= 4 is 15.9 Å². The first-order chi connectivity index (χ1) is 8.70. The Morgan fingerprint density at radius 1 is 1.44 bits per heavy atom. The van der Waals surface area contributed by atoms with Crippen LogP contribution in [0.1, 0.15) is 17.2 Å².